The molecule has 1 unspecified atom stereocenters. The molecule has 0 saturated carbocycles. The molecule has 0 aliphatic heterocycles. The van der Waals surface area contributed by atoms with Gasteiger partial charge in [0.05, 0.1) is 21.3 Å². The predicted molar refractivity (Wildman–Crippen MR) is 68.7 cm³/mol. The summed E-state index contributed by atoms with van der Waals surface area (Å²) in [6, 6.07) is 6.53. The maximum Gasteiger partial charge on any atom is 0.336 e. The van der Waals surface area contributed by atoms with Crippen LogP contribution < -0.4 is 0 Å². The van der Waals surface area contributed by atoms with E-state index in [0.29, 0.717) is 16.6 Å². The molecule has 3 nitrogen and oxygen atoms in total. The first kappa shape index (κ1) is 13.9. The van der Waals surface area contributed by atoms with Gasteiger partial charge in [0, 0.05) is 5.75 Å². The van der Waals surface area contributed by atoms with E-state index in [1.807, 2.05) is 0 Å². The SMILES string of the molecule is CCC(CC)CS(=O)c1ccccc1C(=O)O. The molecule has 0 amide bonds. The maximum absolute atomic E-state index is 12.1. The molecule has 1 aromatic carbocycles. The van der Waals surface area contributed by atoms with Gasteiger partial charge in [-0.25, -0.2) is 4.79 Å². The minimum Gasteiger partial charge on any atom is -0.478 e. The fraction of sp³-hybridized carbons (Fsp3) is 0.462. The number of aromatic carboxylic acids is 1. The Morgan fingerprint density at radius 3 is 2.41 bits per heavy atom. The lowest BCUT2D eigenvalue weighted by Gasteiger charge is -2.12. The van der Waals surface area contributed by atoms with Crippen LogP contribution in [0.3, 0.4) is 0 Å². The van der Waals surface area contributed by atoms with Crippen molar-refractivity contribution in [3.05, 3.63) is 29.8 Å². The molecule has 0 saturated heterocycles. The summed E-state index contributed by atoms with van der Waals surface area (Å²) in [7, 11) is -1.23. The van der Waals surface area contributed by atoms with Crippen molar-refractivity contribution in [2.45, 2.75) is 31.6 Å². The zero-order valence-corrected chi connectivity index (χ0v) is 11.0. The maximum atomic E-state index is 12.1. The van der Waals surface area contributed by atoms with Crippen LogP contribution in [0.4, 0.5) is 0 Å². The Balaban J connectivity index is 2.92. The number of carbonyl (C=O) groups is 1. The largest absolute Gasteiger partial charge is 0.478 e. The van der Waals surface area contributed by atoms with E-state index in [2.05, 4.69) is 13.8 Å². The molecule has 0 bridgehead atoms. The van der Waals surface area contributed by atoms with Crippen LogP contribution in [0.2, 0.25) is 0 Å². The summed E-state index contributed by atoms with van der Waals surface area (Å²) in [5, 5.41) is 9.03. The summed E-state index contributed by atoms with van der Waals surface area (Å²) in [5.74, 6) is -0.0896. The minimum atomic E-state index is -1.23. The van der Waals surface area contributed by atoms with Crippen molar-refractivity contribution in [1.82, 2.24) is 0 Å². The fourth-order valence-corrected chi connectivity index (χ4v) is 3.38. The van der Waals surface area contributed by atoms with Gasteiger partial charge in [-0.1, -0.05) is 38.8 Å². The Kier molecular flexibility index (Phi) is 5.35. The summed E-state index contributed by atoms with van der Waals surface area (Å²) < 4.78 is 12.1. The zero-order valence-electron chi connectivity index (χ0n) is 10.2. The summed E-state index contributed by atoms with van der Waals surface area (Å²) >= 11 is 0. The van der Waals surface area contributed by atoms with Crippen molar-refractivity contribution < 1.29 is 14.1 Å². The van der Waals surface area contributed by atoms with E-state index in [0.717, 1.165) is 12.8 Å². The summed E-state index contributed by atoms with van der Waals surface area (Å²) in [5.41, 5.74) is 0.150. The number of hydrogen-bond donors (Lipinski definition) is 1. The summed E-state index contributed by atoms with van der Waals surface area (Å²) in [6.07, 6.45) is 1.94. The lowest BCUT2D eigenvalue weighted by atomic mass is 10.1. The Bertz CT molecular complexity index is 411. The normalized spacial score (nSPS) is 12.6. The van der Waals surface area contributed by atoms with Crippen molar-refractivity contribution in [3.63, 3.8) is 0 Å². The molecule has 0 aromatic heterocycles. The molecule has 1 aromatic rings. The van der Waals surface area contributed by atoms with Gasteiger partial charge in [-0.3, -0.25) is 4.21 Å². The highest BCUT2D eigenvalue weighted by atomic mass is 32.2. The second-order valence-electron chi connectivity index (χ2n) is 4.00. The second kappa shape index (κ2) is 6.55. The van der Waals surface area contributed by atoms with Crippen molar-refractivity contribution in [1.29, 1.82) is 0 Å². The van der Waals surface area contributed by atoms with E-state index in [-0.39, 0.29) is 5.56 Å². The number of carboxylic acid groups (broad SMARTS) is 1. The van der Waals surface area contributed by atoms with Gasteiger partial charge in [0.15, 0.2) is 0 Å². The highest BCUT2D eigenvalue weighted by molar-refractivity contribution is 7.85. The third-order valence-electron chi connectivity index (χ3n) is 2.90. The summed E-state index contributed by atoms with van der Waals surface area (Å²) in [4.78, 5) is 11.5. The van der Waals surface area contributed by atoms with Crippen LogP contribution in [-0.4, -0.2) is 21.0 Å². The van der Waals surface area contributed by atoms with Gasteiger partial charge < -0.3 is 5.11 Å². The second-order valence-corrected chi connectivity index (χ2v) is 5.46. The van der Waals surface area contributed by atoms with Gasteiger partial charge in [-0.05, 0) is 18.1 Å². The Morgan fingerprint density at radius 1 is 1.29 bits per heavy atom. The van der Waals surface area contributed by atoms with E-state index in [1.165, 1.54) is 6.07 Å². The molecule has 0 spiro atoms. The van der Waals surface area contributed by atoms with Crippen LogP contribution >= 0.6 is 0 Å². The van der Waals surface area contributed by atoms with E-state index in [1.54, 1.807) is 18.2 Å². The first-order chi connectivity index (χ1) is 8.10. The quantitative estimate of drug-likeness (QED) is 0.849. The topological polar surface area (TPSA) is 54.4 Å². The van der Waals surface area contributed by atoms with Crippen LogP contribution in [0.25, 0.3) is 0 Å². The molecule has 4 heteroatoms. The van der Waals surface area contributed by atoms with E-state index in [9.17, 15) is 9.00 Å². The number of benzene rings is 1. The average molecular weight is 254 g/mol. The van der Waals surface area contributed by atoms with Crippen molar-refractivity contribution in [3.8, 4) is 0 Å². The molecule has 0 heterocycles. The lowest BCUT2D eigenvalue weighted by Crippen LogP contribution is -2.12. The van der Waals surface area contributed by atoms with E-state index in [4.69, 9.17) is 5.11 Å². The molecule has 0 radical (unpaired) electrons. The van der Waals surface area contributed by atoms with Gasteiger partial charge in [-0.2, -0.15) is 0 Å². The number of rotatable bonds is 6. The standard InChI is InChI=1S/C13H18O3S/c1-3-10(4-2)9-17(16)12-8-6-5-7-11(12)13(14)15/h5-8,10H,3-4,9H2,1-2H3,(H,14,15). The first-order valence-electron chi connectivity index (χ1n) is 5.80. The molecule has 1 rings (SSSR count). The molecular formula is C13H18O3S. The smallest absolute Gasteiger partial charge is 0.336 e. The Labute approximate surface area is 104 Å². The third kappa shape index (κ3) is 3.66. The van der Waals surface area contributed by atoms with Gasteiger partial charge in [0.1, 0.15) is 0 Å². The molecule has 0 aliphatic rings. The van der Waals surface area contributed by atoms with Gasteiger partial charge >= 0.3 is 5.97 Å². The molecule has 17 heavy (non-hydrogen) atoms. The molecule has 1 atom stereocenters. The first-order valence-corrected chi connectivity index (χ1v) is 7.12. The molecule has 0 fully saturated rings. The number of carboxylic acids is 1. The summed E-state index contributed by atoms with van der Waals surface area (Å²) in [6.45, 7) is 4.13. The van der Waals surface area contributed by atoms with Crippen LogP contribution in [0.1, 0.15) is 37.0 Å². The predicted octanol–water partition coefficient (Wildman–Crippen LogP) is 2.93. The van der Waals surface area contributed by atoms with Crippen molar-refractivity contribution in [2.75, 3.05) is 5.75 Å². The molecule has 1 N–H and O–H groups in total. The van der Waals surface area contributed by atoms with Gasteiger partial charge in [0.2, 0.25) is 0 Å². The van der Waals surface area contributed by atoms with Crippen molar-refractivity contribution in [2.24, 2.45) is 5.92 Å². The average Bonchev–Trinajstić information content (AvgIpc) is 2.35. The molecule has 94 valence electrons. The van der Waals surface area contributed by atoms with E-state index < -0.39 is 16.8 Å². The van der Waals surface area contributed by atoms with Crippen LogP contribution in [-0.2, 0) is 10.8 Å². The lowest BCUT2D eigenvalue weighted by molar-refractivity contribution is 0.0693. The third-order valence-corrected chi connectivity index (χ3v) is 4.53. The Morgan fingerprint density at radius 2 is 1.88 bits per heavy atom. The fourth-order valence-electron chi connectivity index (χ4n) is 1.67. The zero-order chi connectivity index (χ0) is 12.8. The van der Waals surface area contributed by atoms with Crippen LogP contribution in [0.15, 0.2) is 29.2 Å². The van der Waals surface area contributed by atoms with Gasteiger partial charge in [0.25, 0.3) is 0 Å². The van der Waals surface area contributed by atoms with Crippen LogP contribution in [0, 0.1) is 5.92 Å². The van der Waals surface area contributed by atoms with E-state index >= 15 is 0 Å². The molecular weight excluding hydrogens is 236 g/mol. The Hall–Kier alpha value is -1.16. The molecule has 0 aliphatic carbocycles. The van der Waals surface area contributed by atoms with Crippen molar-refractivity contribution >= 4 is 16.8 Å². The highest BCUT2D eigenvalue weighted by Gasteiger charge is 2.17. The number of hydrogen-bond acceptors (Lipinski definition) is 2. The van der Waals surface area contributed by atoms with Gasteiger partial charge in [-0.15, -0.1) is 0 Å². The monoisotopic (exact) mass is 254 g/mol. The van der Waals surface area contributed by atoms with Crippen LogP contribution in [0.5, 0.6) is 0 Å². The minimum absolute atomic E-state index is 0.150. The highest BCUT2D eigenvalue weighted by Crippen LogP contribution is 2.18.